The maximum atomic E-state index is 12.9. The highest BCUT2D eigenvalue weighted by molar-refractivity contribution is 6.04. The van der Waals surface area contributed by atoms with E-state index < -0.39 is 0 Å². The van der Waals surface area contributed by atoms with Gasteiger partial charge in [0.25, 0.3) is 5.91 Å². The van der Waals surface area contributed by atoms with E-state index in [1.165, 1.54) is 5.57 Å². The standard InChI is InChI=1S/C29H31N7O/c1-18(2)32-26-11-10-24(17-31-26)29(37)33-25-14-23(7-4-19(25)3)28-35-34-27-15-22(12-13-36(27)28)21-8-5-20(16-30)6-9-21/h4-5,7-8,10-11,14,17-18,22H,6,9,12-13,15H2,1-3H3,(H,31,32)(H,33,37). The van der Waals surface area contributed by atoms with Crippen LogP contribution < -0.4 is 10.6 Å². The van der Waals surface area contributed by atoms with E-state index >= 15 is 0 Å². The molecule has 8 heteroatoms. The third kappa shape index (κ3) is 5.31. The van der Waals surface area contributed by atoms with Gasteiger partial charge >= 0.3 is 0 Å². The summed E-state index contributed by atoms with van der Waals surface area (Å²) in [7, 11) is 0. The highest BCUT2D eigenvalue weighted by atomic mass is 16.1. The Labute approximate surface area is 217 Å². The van der Waals surface area contributed by atoms with Crippen LogP contribution in [0.25, 0.3) is 11.4 Å². The molecule has 37 heavy (non-hydrogen) atoms. The van der Waals surface area contributed by atoms with Gasteiger partial charge in [0.05, 0.1) is 11.6 Å². The summed E-state index contributed by atoms with van der Waals surface area (Å²) in [5.74, 6) is 2.77. The molecule has 1 unspecified atom stereocenters. The minimum Gasteiger partial charge on any atom is -0.368 e. The summed E-state index contributed by atoms with van der Waals surface area (Å²) >= 11 is 0. The first kappa shape index (κ1) is 24.4. The predicted molar refractivity (Wildman–Crippen MR) is 144 cm³/mol. The molecule has 1 aliphatic carbocycles. The molecule has 2 N–H and O–H groups in total. The lowest BCUT2D eigenvalue weighted by atomic mass is 9.84. The van der Waals surface area contributed by atoms with E-state index in [-0.39, 0.29) is 11.9 Å². The zero-order valence-corrected chi connectivity index (χ0v) is 21.5. The van der Waals surface area contributed by atoms with Gasteiger partial charge in [-0.25, -0.2) is 4.98 Å². The molecule has 1 aliphatic heterocycles. The molecule has 188 valence electrons. The van der Waals surface area contributed by atoms with Crippen LogP contribution in [0.5, 0.6) is 0 Å². The molecular formula is C29H31N7O. The summed E-state index contributed by atoms with van der Waals surface area (Å²) in [6.45, 7) is 6.90. The smallest absolute Gasteiger partial charge is 0.257 e. The van der Waals surface area contributed by atoms with Crippen molar-refractivity contribution in [1.82, 2.24) is 19.7 Å². The van der Waals surface area contributed by atoms with E-state index in [9.17, 15) is 4.79 Å². The SMILES string of the molecule is Cc1ccc(-c2nnc3n2CCC(C2=CC=C(C#N)CC2)C3)cc1NC(=O)c1ccc(NC(C)C)nc1. The van der Waals surface area contributed by atoms with Gasteiger partial charge in [0.1, 0.15) is 11.6 Å². The number of nitriles is 1. The fourth-order valence-corrected chi connectivity index (χ4v) is 4.94. The predicted octanol–water partition coefficient (Wildman–Crippen LogP) is 5.45. The Morgan fingerprint density at radius 3 is 2.73 bits per heavy atom. The number of aryl methyl sites for hydroxylation is 1. The van der Waals surface area contributed by atoms with Gasteiger partial charge in [-0.05, 0) is 75.8 Å². The van der Waals surface area contributed by atoms with E-state index in [0.29, 0.717) is 11.5 Å². The van der Waals surface area contributed by atoms with Crippen molar-refractivity contribution in [2.75, 3.05) is 10.6 Å². The lowest BCUT2D eigenvalue weighted by Crippen LogP contribution is -2.22. The van der Waals surface area contributed by atoms with E-state index in [1.807, 2.05) is 51.1 Å². The molecule has 0 fully saturated rings. The van der Waals surface area contributed by atoms with Crippen LogP contribution in [-0.4, -0.2) is 31.7 Å². The number of amides is 1. The maximum absolute atomic E-state index is 12.9. The van der Waals surface area contributed by atoms with Crippen molar-refractivity contribution in [3.63, 3.8) is 0 Å². The molecule has 0 bridgehead atoms. The molecule has 2 aromatic heterocycles. The Bertz CT molecular complexity index is 1420. The van der Waals surface area contributed by atoms with E-state index in [4.69, 9.17) is 5.26 Å². The zero-order chi connectivity index (χ0) is 25.9. The lowest BCUT2D eigenvalue weighted by molar-refractivity contribution is 0.102. The Morgan fingerprint density at radius 2 is 2.03 bits per heavy atom. The Kier molecular flexibility index (Phi) is 6.87. The summed E-state index contributed by atoms with van der Waals surface area (Å²) in [5.41, 5.74) is 5.38. The molecule has 3 aromatic rings. The van der Waals surface area contributed by atoms with Crippen LogP contribution in [0.1, 0.15) is 54.9 Å². The number of hydrogen-bond donors (Lipinski definition) is 2. The summed E-state index contributed by atoms with van der Waals surface area (Å²) in [4.78, 5) is 17.3. The first-order valence-electron chi connectivity index (χ1n) is 12.8. The van der Waals surface area contributed by atoms with Gasteiger partial charge in [0, 0.05) is 42.0 Å². The molecule has 1 aromatic carbocycles. The number of hydrogen-bond acceptors (Lipinski definition) is 6. The van der Waals surface area contributed by atoms with Gasteiger partial charge < -0.3 is 15.2 Å². The number of pyridine rings is 1. The maximum Gasteiger partial charge on any atom is 0.257 e. The van der Waals surface area contributed by atoms with Crippen molar-refractivity contribution >= 4 is 17.4 Å². The highest BCUT2D eigenvalue weighted by Crippen LogP contribution is 2.34. The summed E-state index contributed by atoms with van der Waals surface area (Å²) in [6, 6.07) is 12.1. The zero-order valence-electron chi connectivity index (χ0n) is 21.5. The van der Waals surface area contributed by atoms with Gasteiger partial charge in [-0.15, -0.1) is 10.2 Å². The second-order valence-corrected chi connectivity index (χ2v) is 10.0. The fourth-order valence-electron chi connectivity index (χ4n) is 4.94. The first-order valence-corrected chi connectivity index (χ1v) is 12.8. The molecule has 0 radical (unpaired) electrons. The molecule has 8 nitrogen and oxygen atoms in total. The molecule has 0 saturated heterocycles. The van der Waals surface area contributed by atoms with Gasteiger partial charge in [0.2, 0.25) is 0 Å². The Balaban J connectivity index is 1.32. The number of fused-ring (bicyclic) bond motifs is 1. The molecule has 3 heterocycles. The number of aromatic nitrogens is 4. The number of anilines is 2. The lowest BCUT2D eigenvalue weighted by Gasteiger charge is -2.27. The second-order valence-electron chi connectivity index (χ2n) is 10.0. The molecule has 2 aliphatic rings. The van der Waals surface area contributed by atoms with Crippen LogP contribution in [0.2, 0.25) is 0 Å². The number of nitrogens with zero attached hydrogens (tertiary/aromatic N) is 5. The second kappa shape index (κ2) is 10.4. The van der Waals surface area contributed by atoms with Crippen LogP contribution in [0, 0.1) is 24.2 Å². The van der Waals surface area contributed by atoms with Crippen LogP contribution in [0.15, 0.2) is 59.8 Å². The van der Waals surface area contributed by atoms with E-state index in [1.54, 1.807) is 12.3 Å². The fraction of sp³-hybridized carbons (Fsp3) is 0.345. The van der Waals surface area contributed by atoms with Gasteiger partial charge in [0.15, 0.2) is 5.82 Å². The third-order valence-electron chi connectivity index (χ3n) is 7.01. The average molecular weight is 494 g/mol. The van der Waals surface area contributed by atoms with Crippen LogP contribution in [0.4, 0.5) is 11.5 Å². The topological polar surface area (TPSA) is 109 Å². The van der Waals surface area contributed by atoms with E-state index in [0.717, 1.165) is 72.1 Å². The number of carbonyl (C=O) groups is 1. The normalized spacial score (nSPS) is 16.9. The van der Waals surface area contributed by atoms with Crippen LogP contribution >= 0.6 is 0 Å². The molecule has 5 rings (SSSR count). The molecular weight excluding hydrogens is 462 g/mol. The summed E-state index contributed by atoms with van der Waals surface area (Å²) in [6.07, 6.45) is 9.30. The minimum atomic E-state index is -0.204. The molecule has 1 atom stereocenters. The summed E-state index contributed by atoms with van der Waals surface area (Å²) in [5, 5.41) is 24.4. The third-order valence-corrected chi connectivity index (χ3v) is 7.01. The molecule has 0 spiro atoms. The number of nitrogens with one attached hydrogen (secondary N) is 2. The minimum absolute atomic E-state index is 0.204. The Morgan fingerprint density at radius 1 is 1.16 bits per heavy atom. The average Bonchev–Trinajstić information content (AvgIpc) is 3.33. The van der Waals surface area contributed by atoms with Crippen LogP contribution in [-0.2, 0) is 13.0 Å². The quantitative estimate of drug-likeness (QED) is 0.472. The number of benzene rings is 1. The van der Waals surface area contributed by atoms with Crippen molar-refractivity contribution in [2.45, 2.75) is 59.0 Å². The van der Waals surface area contributed by atoms with Gasteiger partial charge in [-0.2, -0.15) is 5.26 Å². The van der Waals surface area contributed by atoms with Crippen LogP contribution in [0.3, 0.4) is 0 Å². The van der Waals surface area contributed by atoms with E-state index in [2.05, 4.69) is 42.5 Å². The summed E-state index contributed by atoms with van der Waals surface area (Å²) < 4.78 is 2.19. The highest BCUT2D eigenvalue weighted by Gasteiger charge is 2.27. The molecule has 0 saturated carbocycles. The number of allylic oxidation sites excluding steroid dienone is 4. The van der Waals surface area contributed by atoms with Crippen molar-refractivity contribution in [3.05, 3.63) is 76.8 Å². The Hall–Kier alpha value is -4.25. The van der Waals surface area contributed by atoms with Crippen molar-refractivity contribution in [2.24, 2.45) is 5.92 Å². The van der Waals surface area contributed by atoms with Crippen molar-refractivity contribution in [1.29, 1.82) is 5.26 Å². The van der Waals surface area contributed by atoms with Crippen molar-refractivity contribution < 1.29 is 4.79 Å². The molecule has 1 amide bonds. The van der Waals surface area contributed by atoms with Gasteiger partial charge in [-0.1, -0.05) is 23.8 Å². The number of rotatable bonds is 6. The number of carbonyl (C=O) groups excluding carboxylic acids is 1. The largest absolute Gasteiger partial charge is 0.368 e. The van der Waals surface area contributed by atoms with Gasteiger partial charge in [-0.3, -0.25) is 4.79 Å². The monoisotopic (exact) mass is 493 g/mol. The van der Waals surface area contributed by atoms with Crippen molar-refractivity contribution in [3.8, 4) is 17.5 Å². The first-order chi connectivity index (χ1) is 17.9.